The van der Waals surface area contributed by atoms with E-state index in [9.17, 15) is 8.42 Å². The maximum absolute atomic E-state index is 11.7. The number of aromatic nitrogens is 2. The van der Waals surface area contributed by atoms with Gasteiger partial charge >= 0.3 is 0 Å². The van der Waals surface area contributed by atoms with E-state index in [2.05, 4.69) is 46.4 Å². The lowest BCUT2D eigenvalue weighted by Crippen LogP contribution is -2.39. The molecule has 0 saturated carbocycles. The number of rotatable bonds is 6. The molecule has 8 heteroatoms. The van der Waals surface area contributed by atoms with Crippen molar-refractivity contribution in [3.63, 3.8) is 0 Å². The number of piperidine rings is 1. The summed E-state index contributed by atoms with van der Waals surface area (Å²) >= 11 is 0. The number of fused-ring (bicyclic) bond motifs is 2. The molecule has 5 rings (SSSR count). The maximum Gasteiger partial charge on any atom is 0.211 e. The Bertz CT molecular complexity index is 1200. The zero-order valence-electron chi connectivity index (χ0n) is 18.7. The minimum Gasteiger partial charge on any atom is -0.491 e. The van der Waals surface area contributed by atoms with E-state index in [0.717, 1.165) is 49.1 Å². The second-order valence-corrected chi connectivity index (χ2v) is 11.1. The van der Waals surface area contributed by atoms with Gasteiger partial charge in [0.15, 0.2) is 0 Å². The second kappa shape index (κ2) is 8.50. The smallest absolute Gasteiger partial charge is 0.211 e. The van der Waals surface area contributed by atoms with E-state index in [1.54, 1.807) is 4.31 Å². The summed E-state index contributed by atoms with van der Waals surface area (Å²) < 4.78 is 33.2. The third kappa shape index (κ3) is 4.27. The van der Waals surface area contributed by atoms with Gasteiger partial charge in [-0.05, 0) is 41.5 Å². The summed E-state index contributed by atoms with van der Waals surface area (Å²) in [6.45, 7) is 4.57. The summed E-state index contributed by atoms with van der Waals surface area (Å²) in [4.78, 5) is 2.46. The van der Waals surface area contributed by atoms with Gasteiger partial charge in [0.2, 0.25) is 10.0 Å². The van der Waals surface area contributed by atoms with Crippen LogP contribution in [0.25, 0.3) is 10.9 Å². The summed E-state index contributed by atoms with van der Waals surface area (Å²) in [7, 11) is -1.15. The van der Waals surface area contributed by atoms with Crippen LogP contribution in [-0.2, 0) is 36.7 Å². The van der Waals surface area contributed by atoms with Crippen molar-refractivity contribution in [2.45, 2.75) is 32.5 Å². The highest BCUT2D eigenvalue weighted by Gasteiger charge is 2.26. The third-order valence-corrected chi connectivity index (χ3v) is 8.07. The molecule has 0 N–H and O–H groups in total. The Hall–Kier alpha value is -2.42. The highest BCUT2D eigenvalue weighted by atomic mass is 32.2. The Morgan fingerprint density at radius 3 is 2.41 bits per heavy atom. The number of hydrogen-bond acceptors (Lipinski definition) is 5. The predicted molar refractivity (Wildman–Crippen MR) is 125 cm³/mol. The summed E-state index contributed by atoms with van der Waals surface area (Å²) in [6.07, 6.45) is 4.88. The predicted octanol–water partition coefficient (Wildman–Crippen LogP) is 3.14. The standard InChI is InChI=1S/C24H30N4O3S/c1-26-24-22(13-25-26)21(16-27-14-19-5-3-4-6-20(19)15-27)7-8-23(24)31-17-18-9-11-28(12-10-18)32(2,29)30/h3-8,13,18H,9-12,14-17H2,1-2H3. The van der Waals surface area contributed by atoms with Gasteiger partial charge < -0.3 is 4.74 Å². The number of sulfonamides is 1. The average molecular weight is 455 g/mol. The van der Waals surface area contributed by atoms with Crippen LogP contribution in [0.4, 0.5) is 0 Å². The normalized spacial score (nSPS) is 18.3. The lowest BCUT2D eigenvalue weighted by Gasteiger charge is -2.30. The number of aryl methyl sites for hydroxylation is 1. The van der Waals surface area contributed by atoms with Crippen LogP contribution < -0.4 is 4.74 Å². The molecule has 170 valence electrons. The van der Waals surface area contributed by atoms with Crippen LogP contribution in [0.15, 0.2) is 42.6 Å². The molecule has 1 saturated heterocycles. The fraction of sp³-hybridized carbons (Fsp3) is 0.458. The van der Waals surface area contributed by atoms with Crippen LogP contribution >= 0.6 is 0 Å². The number of ether oxygens (including phenoxy) is 1. The van der Waals surface area contributed by atoms with E-state index >= 15 is 0 Å². The summed E-state index contributed by atoms with van der Waals surface area (Å²) in [6, 6.07) is 12.9. The Balaban J connectivity index is 1.27. The largest absolute Gasteiger partial charge is 0.491 e. The molecular weight excluding hydrogens is 424 g/mol. The highest BCUT2D eigenvalue weighted by Crippen LogP contribution is 2.32. The van der Waals surface area contributed by atoms with Crippen molar-refractivity contribution in [3.05, 3.63) is 59.3 Å². The molecule has 0 bridgehead atoms. The van der Waals surface area contributed by atoms with Crippen molar-refractivity contribution in [2.24, 2.45) is 13.0 Å². The summed E-state index contributed by atoms with van der Waals surface area (Å²) in [5.74, 6) is 1.21. The molecule has 1 aromatic heterocycles. The highest BCUT2D eigenvalue weighted by molar-refractivity contribution is 7.88. The molecule has 3 aromatic rings. The molecule has 2 aromatic carbocycles. The number of nitrogens with zero attached hydrogens (tertiary/aromatic N) is 4. The first-order valence-electron chi connectivity index (χ1n) is 11.2. The number of hydrogen-bond donors (Lipinski definition) is 0. The average Bonchev–Trinajstić information content (AvgIpc) is 3.36. The van der Waals surface area contributed by atoms with E-state index < -0.39 is 10.0 Å². The molecule has 2 aliphatic rings. The van der Waals surface area contributed by atoms with Crippen LogP contribution in [0.5, 0.6) is 5.75 Å². The van der Waals surface area contributed by atoms with Crippen LogP contribution in [-0.4, -0.2) is 53.4 Å². The van der Waals surface area contributed by atoms with Gasteiger partial charge in [-0.3, -0.25) is 9.58 Å². The van der Waals surface area contributed by atoms with E-state index in [4.69, 9.17) is 4.74 Å². The van der Waals surface area contributed by atoms with Crippen LogP contribution in [0.3, 0.4) is 0 Å². The van der Waals surface area contributed by atoms with Crippen LogP contribution in [0.1, 0.15) is 29.5 Å². The number of benzene rings is 2. The molecule has 7 nitrogen and oxygen atoms in total. The van der Waals surface area contributed by atoms with E-state index in [1.807, 2.05) is 17.9 Å². The van der Waals surface area contributed by atoms with Crippen molar-refractivity contribution in [3.8, 4) is 5.75 Å². The lowest BCUT2D eigenvalue weighted by molar-refractivity contribution is 0.186. The molecule has 0 unspecified atom stereocenters. The van der Waals surface area contributed by atoms with Crippen molar-refractivity contribution in [1.82, 2.24) is 19.0 Å². The first kappa shape index (κ1) is 21.4. The van der Waals surface area contributed by atoms with Crippen molar-refractivity contribution in [2.75, 3.05) is 26.0 Å². The van der Waals surface area contributed by atoms with Gasteiger partial charge in [-0.1, -0.05) is 30.3 Å². The molecule has 0 amide bonds. The Morgan fingerprint density at radius 2 is 1.75 bits per heavy atom. The first-order chi connectivity index (χ1) is 15.4. The van der Waals surface area contributed by atoms with Gasteiger partial charge in [0.1, 0.15) is 11.3 Å². The summed E-state index contributed by atoms with van der Waals surface area (Å²) in [5, 5.41) is 5.64. The Morgan fingerprint density at radius 1 is 1.06 bits per heavy atom. The van der Waals surface area contributed by atoms with Crippen molar-refractivity contribution >= 4 is 20.9 Å². The zero-order valence-corrected chi connectivity index (χ0v) is 19.5. The molecule has 0 atom stereocenters. The van der Waals surface area contributed by atoms with Crippen LogP contribution in [0, 0.1) is 5.92 Å². The topological polar surface area (TPSA) is 67.7 Å². The van der Waals surface area contributed by atoms with Crippen molar-refractivity contribution in [1.29, 1.82) is 0 Å². The molecule has 1 fully saturated rings. The van der Waals surface area contributed by atoms with E-state index in [0.29, 0.717) is 25.6 Å². The lowest BCUT2D eigenvalue weighted by atomic mass is 9.99. The van der Waals surface area contributed by atoms with E-state index in [-0.39, 0.29) is 0 Å². The minimum atomic E-state index is -3.10. The van der Waals surface area contributed by atoms with E-state index in [1.165, 1.54) is 22.9 Å². The third-order valence-electron chi connectivity index (χ3n) is 6.77. The van der Waals surface area contributed by atoms with Gasteiger partial charge in [0.05, 0.1) is 19.1 Å². The van der Waals surface area contributed by atoms with Crippen LogP contribution in [0.2, 0.25) is 0 Å². The quantitative estimate of drug-likeness (QED) is 0.572. The summed E-state index contributed by atoms with van der Waals surface area (Å²) in [5.41, 5.74) is 5.11. The van der Waals surface area contributed by atoms with Crippen molar-refractivity contribution < 1.29 is 13.2 Å². The fourth-order valence-electron chi connectivity index (χ4n) is 4.94. The zero-order chi connectivity index (χ0) is 22.3. The monoisotopic (exact) mass is 454 g/mol. The van der Waals surface area contributed by atoms with Gasteiger partial charge in [-0.15, -0.1) is 0 Å². The fourth-order valence-corrected chi connectivity index (χ4v) is 5.81. The second-order valence-electron chi connectivity index (χ2n) is 9.08. The Labute approximate surface area is 189 Å². The molecule has 2 aliphatic heterocycles. The molecule has 32 heavy (non-hydrogen) atoms. The van der Waals surface area contributed by atoms with Gasteiger partial charge in [0, 0.05) is 45.2 Å². The van der Waals surface area contributed by atoms with Gasteiger partial charge in [-0.25, -0.2) is 12.7 Å². The van der Waals surface area contributed by atoms with Gasteiger partial charge in [-0.2, -0.15) is 5.10 Å². The molecule has 0 aliphatic carbocycles. The van der Waals surface area contributed by atoms with Gasteiger partial charge in [0.25, 0.3) is 0 Å². The Kier molecular flexibility index (Phi) is 5.69. The maximum atomic E-state index is 11.7. The molecular formula is C24H30N4O3S. The SMILES string of the molecule is Cn1ncc2c(CN3Cc4ccccc4C3)ccc(OCC3CCN(S(C)(=O)=O)CC3)c21. The minimum absolute atomic E-state index is 0.360. The molecule has 3 heterocycles. The first-order valence-corrected chi connectivity index (χ1v) is 13.0. The molecule has 0 spiro atoms. The molecule has 0 radical (unpaired) electrons.